The molecule has 2 fully saturated rings. The first-order chi connectivity index (χ1) is 8.16. The molecule has 2 aliphatic rings. The number of piperidine rings is 1. The van der Waals surface area contributed by atoms with Crippen molar-refractivity contribution in [1.82, 2.24) is 10.2 Å². The third kappa shape index (κ3) is 3.36. The summed E-state index contributed by atoms with van der Waals surface area (Å²) in [5.74, 6) is 2.29. The van der Waals surface area contributed by atoms with Gasteiger partial charge < -0.3 is 10.2 Å². The lowest BCUT2D eigenvalue weighted by Crippen LogP contribution is -2.45. The summed E-state index contributed by atoms with van der Waals surface area (Å²) in [6.45, 7) is 7.34. The first kappa shape index (κ1) is 12.7. The second kappa shape index (κ2) is 5.74. The zero-order valence-corrected chi connectivity index (χ0v) is 11.2. The van der Waals surface area contributed by atoms with Crippen molar-refractivity contribution in [3.63, 3.8) is 0 Å². The fourth-order valence-corrected chi connectivity index (χ4v) is 3.07. The molecule has 98 valence electrons. The quantitative estimate of drug-likeness (QED) is 0.788. The number of carbonyl (C=O) groups excluding carboxylic acids is 1. The van der Waals surface area contributed by atoms with Crippen LogP contribution in [0.5, 0.6) is 0 Å². The van der Waals surface area contributed by atoms with E-state index in [-0.39, 0.29) is 6.03 Å². The second-order valence-electron chi connectivity index (χ2n) is 6.02. The Morgan fingerprint density at radius 2 is 1.88 bits per heavy atom. The van der Waals surface area contributed by atoms with Gasteiger partial charge in [-0.05, 0) is 37.0 Å². The molecule has 1 heterocycles. The molecule has 0 spiro atoms. The lowest BCUT2D eigenvalue weighted by molar-refractivity contribution is 0.171. The van der Waals surface area contributed by atoms with Gasteiger partial charge in [0.05, 0.1) is 0 Å². The van der Waals surface area contributed by atoms with Gasteiger partial charge in [0, 0.05) is 19.6 Å². The SMILES string of the molecule is CC1CCN(C(=O)NCC2CCCC2C)CC1. The Bertz CT molecular complexity index is 259. The fourth-order valence-electron chi connectivity index (χ4n) is 3.07. The number of hydrogen-bond acceptors (Lipinski definition) is 1. The van der Waals surface area contributed by atoms with E-state index in [1.54, 1.807) is 0 Å². The van der Waals surface area contributed by atoms with Crippen molar-refractivity contribution < 1.29 is 4.79 Å². The van der Waals surface area contributed by atoms with E-state index in [4.69, 9.17) is 0 Å². The van der Waals surface area contributed by atoms with Gasteiger partial charge in [-0.15, -0.1) is 0 Å². The molecule has 2 amide bonds. The Labute approximate surface area is 105 Å². The maximum Gasteiger partial charge on any atom is 0.317 e. The van der Waals surface area contributed by atoms with Crippen LogP contribution in [-0.2, 0) is 0 Å². The number of carbonyl (C=O) groups is 1. The van der Waals surface area contributed by atoms with Crippen LogP contribution in [0, 0.1) is 17.8 Å². The maximum absolute atomic E-state index is 12.0. The Morgan fingerprint density at radius 3 is 2.47 bits per heavy atom. The van der Waals surface area contributed by atoms with E-state index in [1.807, 2.05) is 4.90 Å². The van der Waals surface area contributed by atoms with Crippen LogP contribution in [-0.4, -0.2) is 30.6 Å². The molecule has 1 aliphatic heterocycles. The van der Waals surface area contributed by atoms with Gasteiger partial charge in [-0.25, -0.2) is 4.79 Å². The Hall–Kier alpha value is -0.730. The van der Waals surface area contributed by atoms with Gasteiger partial charge in [-0.1, -0.05) is 26.7 Å². The summed E-state index contributed by atoms with van der Waals surface area (Å²) in [6.07, 6.45) is 6.28. The molecule has 0 aromatic carbocycles. The van der Waals surface area contributed by atoms with Gasteiger partial charge in [-0.3, -0.25) is 0 Å². The molecule has 2 rings (SSSR count). The van der Waals surface area contributed by atoms with Crippen molar-refractivity contribution in [2.45, 2.75) is 46.0 Å². The summed E-state index contributed by atoms with van der Waals surface area (Å²) in [6, 6.07) is 0.163. The maximum atomic E-state index is 12.0. The molecule has 3 heteroatoms. The van der Waals surface area contributed by atoms with Crippen LogP contribution in [0.25, 0.3) is 0 Å². The Balaban J connectivity index is 1.70. The molecule has 1 saturated carbocycles. The Morgan fingerprint density at radius 1 is 1.18 bits per heavy atom. The third-order valence-electron chi connectivity index (χ3n) is 4.63. The Kier molecular flexibility index (Phi) is 4.30. The minimum atomic E-state index is 0.163. The number of likely N-dealkylation sites (tertiary alicyclic amines) is 1. The molecule has 0 radical (unpaired) electrons. The zero-order chi connectivity index (χ0) is 12.3. The molecule has 3 nitrogen and oxygen atoms in total. The van der Waals surface area contributed by atoms with E-state index >= 15 is 0 Å². The van der Waals surface area contributed by atoms with E-state index in [9.17, 15) is 4.79 Å². The number of hydrogen-bond donors (Lipinski definition) is 1. The van der Waals surface area contributed by atoms with E-state index in [2.05, 4.69) is 19.2 Å². The average Bonchev–Trinajstić information content (AvgIpc) is 2.73. The molecule has 1 aliphatic carbocycles. The number of nitrogens with one attached hydrogen (secondary N) is 1. The lowest BCUT2D eigenvalue weighted by atomic mass is 9.98. The first-order valence-corrected chi connectivity index (χ1v) is 7.19. The highest BCUT2D eigenvalue weighted by Crippen LogP contribution is 2.30. The molecule has 2 atom stereocenters. The van der Waals surface area contributed by atoms with Crippen LogP contribution in [0.4, 0.5) is 4.79 Å². The monoisotopic (exact) mass is 238 g/mol. The van der Waals surface area contributed by atoms with E-state index in [0.29, 0.717) is 5.92 Å². The highest BCUT2D eigenvalue weighted by molar-refractivity contribution is 5.74. The van der Waals surface area contributed by atoms with Crippen LogP contribution in [0.15, 0.2) is 0 Å². The van der Waals surface area contributed by atoms with Crippen LogP contribution < -0.4 is 5.32 Å². The smallest absolute Gasteiger partial charge is 0.317 e. The summed E-state index contributed by atoms with van der Waals surface area (Å²) >= 11 is 0. The average molecular weight is 238 g/mol. The minimum Gasteiger partial charge on any atom is -0.338 e. The summed E-state index contributed by atoms with van der Waals surface area (Å²) < 4.78 is 0. The molecular formula is C14H26N2O. The highest BCUT2D eigenvalue weighted by atomic mass is 16.2. The number of rotatable bonds is 2. The van der Waals surface area contributed by atoms with Crippen molar-refractivity contribution in [2.75, 3.05) is 19.6 Å². The van der Waals surface area contributed by atoms with Gasteiger partial charge in [0.25, 0.3) is 0 Å². The van der Waals surface area contributed by atoms with Crippen LogP contribution in [0.1, 0.15) is 46.0 Å². The molecular weight excluding hydrogens is 212 g/mol. The van der Waals surface area contributed by atoms with E-state index in [1.165, 1.54) is 19.3 Å². The lowest BCUT2D eigenvalue weighted by Gasteiger charge is -2.31. The molecule has 0 aromatic rings. The van der Waals surface area contributed by atoms with Gasteiger partial charge in [0.15, 0.2) is 0 Å². The van der Waals surface area contributed by atoms with E-state index < -0.39 is 0 Å². The fraction of sp³-hybridized carbons (Fsp3) is 0.929. The molecule has 0 bridgehead atoms. The van der Waals surface area contributed by atoms with Gasteiger partial charge in [0.2, 0.25) is 0 Å². The van der Waals surface area contributed by atoms with Gasteiger partial charge >= 0.3 is 6.03 Å². The van der Waals surface area contributed by atoms with Crippen molar-refractivity contribution in [3.8, 4) is 0 Å². The van der Waals surface area contributed by atoms with Crippen molar-refractivity contribution in [3.05, 3.63) is 0 Å². The standard InChI is InChI=1S/C14H26N2O/c1-11-6-8-16(9-7-11)14(17)15-10-13-5-3-4-12(13)2/h11-13H,3-10H2,1-2H3,(H,15,17). The van der Waals surface area contributed by atoms with Crippen molar-refractivity contribution in [2.24, 2.45) is 17.8 Å². The molecule has 17 heavy (non-hydrogen) atoms. The summed E-state index contributed by atoms with van der Waals surface area (Å²) in [5.41, 5.74) is 0. The van der Waals surface area contributed by atoms with Crippen LogP contribution >= 0.6 is 0 Å². The third-order valence-corrected chi connectivity index (χ3v) is 4.63. The normalized spacial score (nSPS) is 30.6. The van der Waals surface area contributed by atoms with Crippen LogP contribution in [0.2, 0.25) is 0 Å². The summed E-state index contributed by atoms with van der Waals surface area (Å²) in [7, 11) is 0. The van der Waals surface area contributed by atoms with Crippen molar-refractivity contribution >= 4 is 6.03 Å². The largest absolute Gasteiger partial charge is 0.338 e. The molecule has 1 N–H and O–H groups in total. The summed E-state index contributed by atoms with van der Waals surface area (Å²) in [4.78, 5) is 14.0. The van der Waals surface area contributed by atoms with E-state index in [0.717, 1.165) is 44.3 Å². The second-order valence-corrected chi connectivity index (χ2v) is 6.02. The number of urea groups is 1. The van der Waals surface area contributed by atoms with Gasteiger partial charge in [-0.2, -0.15) is 0 Å². The zero-order valence-electron chi connectivity index (χ0n) is 11.2. The number of amides is 2. The predicted octanol–water partition coefficient (Wildman–Crippen LogP) is 2.86. The number of nitrogens with zero attached hydrogens (tertiary/aromatic N) is 1. The topological polar surface area (TPSA) is 32.3 Å². The minimum absolute atomic E-state index is 0.163. The van der Waals surface area contributed by atoms with Crippen molar-refractivity contribution in [1.29, 1.82) is 0 Å². The molecule has 1 saturated heterocycles. The van der Waals surface area contributed by atoms with Crippen LogP contribution in [0.3, 0.4) is 0 Å². The van der Waals surface area contributed by atoms with Gasteiger partial charge in [0.1, 0.15) is 0 Å². The molecule has 2 unspecified atom stereocenters. The first-order valence-electron chi connectivity index (χ1n) is 7.19. The molecule has 0 aromatic heterocycles. The summed E-state index contributed by atoms with van der Waals surface area (Å²) in [5, 5.41) is 3.13. The predicted molar refractivity (Wildman–Crippen MR) is 69.9 cm³/mol. The highest BCUT2D eigenvalue weighted by Gasteiger charge is 2.25.